The second-order valence-corrected chi connectivity index (χ2v) is 5.54. The molecule has 0 spiro atoms. The normalized spacial score (nSPS) is 12.5. The molecule has 3 rings (SSSR count). The van der Waals surface area contributed by atoms with Crippen LogP contribution in [0.25, 0.3) is 11.0 Å². The fraction of sp³-hybridized carbons (Fsp3) is 0.125. The van der Waals surface area contributed by atoms with Crippen LogP contribution in [-0.4, -0.2) is 9.97 Å². The van der Waals surface area contributed by atoms with Crippen molar-refractivity contribution in [3.05, 3.63) is 72.1 Å². The van der Waals surface area contributed by atoms with Crippen molar-refractivity contribution in [1.82, 2.24) is 9.97 Å². The summed E-state index contributed by atoms with van der Waals surface area (Å²) in [4.78, 5) is 9.36. The highest BCUT2D eigenvalue weighted by molar-refractivity contribution is 9.09. The van der Waals surface area contributed by atoms with E-state index in [2.05, 4.69) is 50.2 Å². The van der Waals surface area contributed by atoms with E-state index in [0.29, 0.717) is 0 Å². The van der Waals surface area contributed by atoms with Crippen LogP contribution in [-0.2, 0) is 6.42 Å². The summed E-state index contributed by atoms with van der Waals surface area (Å²) in [6.07, 6.45) is 2.70. The van der Waals surface area contributed by atoms with Crippen molar-refractivity contribution in [1.29, 1.82) is 0 Å². The van der Waals surface area contributed by atoms with Gasteiger partial charge in [-0.15, -0.1) is 0 Å². The highest BCUT2D eigenvalue weighted by atomic mass is 79.9. The molecule has 0 amide bonds. The molecule has 1 heterocycles. The van der Waals surface area contributed by atoms with Crippen LogP contribution in [0.15, 0.2) is 60.8 Å². The van der Waals surface area contributed by atoms with E-state index in [1.54, 1.807) is 0 Å². The molecule has 1 aromatic heterocycles. The maximum atomic E-state index is 4.65. The van der Waals surface area contributed by atoms with Crippen molar-refractivity contribution < 1.29 is 0 Å². The van der Waals surface area contributed by atoms with E-state index in [4.69, 9.17) is 0 Å². The van der Waals surface area contributed by atoms with Crippen LogP contribution in [0.5, 0.6) is 0 Å². The topological polar surface area (TPSA) is 25.8 Å². The summed E-state index contributed by atoms with van der Waals surface area (Å²) in [5.41, 5.74) is 4.16. The number of rotatable bonds is 3. The second-order valence-electron chi connectivity index (χ2n) is 4.43. The zero-order chi connectivity index (χ0) is 13.1. The second kappa shape index (κ2) is 5.49. The van der Waals surface area contributed by atoms with Crippen LogP contribution in [0.2, 0.25) is 0 Å². The number of benzene rings is 2. The van der Waals surface area contributed by atoms with Crippen molar-refractivity contribution in [3.8, 4) is 0 Å². The number of halogens is 1. The zero-order valence-corrected chi connectivity index (χ0v) is 11.9. The molecule has 1 atom stereocenters. The van der Waals surface area contributed by atoms with Crippen LogP contribution in [0.1, 0.15) is 16.1 Å². The van der Waals surface area contributed by atoms with E-state index in [9.17, 15) is 0 Å². The lowest BCUT2D eigenvalue weighted by Crippen LogP contribution is -1.99. The summed E-state index contributed by atoms with van der Waals surface area (Å²) < 4.78 is 0. The molecule has 0 saturated carbocycles. The average molecular weight is 313 g/mol. The number of aromatic nitrogens is 2. The van der Waals surface area contributed by atoms with Crippen LogP contribution in [0.3, 0.4) is 0 Å². The number of alkyl halides is 1. The van der Waals surface area contributed by atoms with Crippen LogP contribution in [0, 0.1) is 0 Å². The Morgan fingerprint density at radius 2 is 1.58 bits per heavy atom. The van der Waals surface area contributed by atoms with Crippen molar-refractivity contribution in [2.45, 2.75) is 11.2 Å². The number of hydrogen-bond acceptors (Lipinski definition) is 2. The van der Waals surface area contributed by atoms with Crippen molar-refractivity contribution in [2.24, 2.45) is 0 Å². The third-order valence-corrected chi connectivity index (χ3v) is 3.90. The van der Waals surface area contributed by atoms with Gasteiger partial charge in [0, 0.05) is 17.4 Å². The summed E-state index contributed by atoms with van der Waals surface area (Å²) >= 11 is 3.72. The highest BCUT2D eigenvalue weighted by Crippen LogP contribution is 2.26. The van der Waals surface area contributed by atoms with Crippen molar-refractivity contribution >= 4 is 27.0 Å². The Hall–Kier alpha value is -1.74. The Morgan fingerprint density at radius 3 is 2.37 bits per heavy atom. The molecule has 0 saturated heterocycles. The first-order valence-corrected chi connectivity index (χ1v) is 7.14. The largest absolute Gasteiger partial charge is 0.253 e. The lowest BCUT2D eigenvalue weighted by Gasteiger charge is -2.09. The fourth-order valence-electron chi connectivity index (χ4n) is 2.06. The summed E-state index contributed by atoms with van der Waals surface area (Å²) in [6.45, 7) is 0. The Labute approximate surface area is 120 Å². The first kappa shape index (κ1) is 12.3. The fourth-order valence-corrected chi connectivity index (χ4v) is 2.69. The maximum Gasteiger partial charge on any atom is 0.0890 e. The van der Waals surface area contributed by atoms with Gasteiger partial charge in [-0.2, -0.15) is 0 Å². The van der Waals surface area contributed by atoms with E-state index in [1.165, 1.54) is 5.56 Å². The third-order valence-electron chi connectivity index (χ3n) is 3.05. The molecule has 0 aliphatic rings. The maximum absolute atomic E-state index is 4.65. The predicted octanol–water partition coefficient (Wildman–Crippen LogP) is 4.31. The minimum atomic E-state index is 0.268. The lowest BCUT2D eigenvalue weighted by molar-refractivity contribution is 0.903. The molecule has 2 aromatic carbocycles. The molecule has 3 aromatic rings. The molecule has 2 nitrogen and oxygen atoms in total. The molecule has 0 radical (unpaired) electrons. The average Bonchev–Trinajstić information content (AvgIpc) is 2.48. The summed E-state index contributed by atoms with van der Waals surface area (Å²) in [7, 11) is 0. The number of nitrogens with zero attached hydrogens (tertiary/aromatic N) is 2. The molecular formula is C16H13BrN2. The smallest absolute Gasteiger partial charge is 0.0890 e. The minimum absolute atomic E-state index is 0.268. The summed E-state index contributed by atoms with van der Waals surface area (Å²) in [5, 5.41) is 0. The van der Waals surface area contributed by atoms with Crippen LogP contribution in [0.4, 0.5) is 0 Å². The van der Waals surface area contributed by atoms with Gasteiger partial charge in [-0.1, -0.05) is 58.4 Å². The van der Waals surface area contributed by atoms with Crippen molar-refractivity contribution in [2.75, 3.05) is 0 Å². The number of para-hydroxylation sites is 2. The molecule has 3 heteroatoms. The van der Waals surface area contributed by atoms with Gasteiger partial charge in [0.15, 0.2) is 0 Å². The van der Waals surface area contributed by atoms with Gasteiger partial charge >= 0.3 is 0 Å². The lowest BCUT2D eigenvalue weighted by atomic mass is 10.1. The molecule has 19 heavy (non-hydrogen) atoms. The molecule has 0 bridgehead atoms. The van der Waals surface area contributed by atoms with E-state index >= 15 is 0 Å². The monoisotopic (exact) mass is 312 g/mol. The van der Waals surface area contributed by atoms with Gasteiger partial charge in [0.25, 0.3) is 0 Å². The van der Waals surface area contributed by atoms with Gasteiger partial charge in [0.2, 0.25) is 0 Å². The number of hydrogen-bond donors (Lipinski definition) is 0. The minimum Gasteiger partial charge on any atom is -0.253 e. The number of fused-ring (bicyclic) bond motifs is 1. The standard InChI is InChI=1S/C16H13BrN2/c17-14(12-6-2-1-3-7-12)10-13-11-18-15-8-4-5-9-16(15)19-13/h1-9,11,14H,10H2. The molecule has 0 N–H and O–H groups in total. The van der Waals surface area contributed by atoms with E-state index in [1.807, 2.05) is 36.5 Å². The third kappa shape index (κ3) is 2.82. The first-order chi connectivity index (χ1) is 9.33. The highest BCUT2D eigenvalue weighted by Gasteiger charge is 2.09. The SMILES string of the molecule is BrC(Cc1cnc2ccccc2n1)c1ccccc1. The van der Waals surface area contributed by atoms with E-state index in [0.717, 1.165) is 23.1 Å². The molecule has 1 unspecified atom stereocenters. The summed E-state index contributed by atoms with van der Waals surface area (Å²) in [5.74, 6) is 0. The Morgan fingerprint density at radius 1 is 0.895 bits per heavy atom. The van der Waals surface area contributed by atoms with Gasteiger partial charge in [0.05, 0.1) is 16.7 Å². The van der Waals surface area contributed by atoms with Crippen LogP contribution < -0.4 is 0 Å². The Balaban J connectivity index is 1.85. The first-order valence-electron chi connectivity index (χ1n) is 6.22. The van der Waals surface area contributed by atoms with E-state index < -0.39 is 0 Å². The van der Waals surface area contributed by atoms with Gasteiger partial charge in [-0.25, -0.2) is 4.98 Å². The van der Waals surface area contributed by atoms with Gasteiger partial charge in [0.1, 0.15) is 0 Å². The molecule has 0 fully saturated rings. The van der Waals surface area contributed by atoms with Gasteiger partial charge in [-0.3, -0.25) is 4.98 Å². The molecular weight excluding hydrogens is 300 g/mol. The zero-order valence-electron chi connectivity index (χ0n) is 10.3. The van der Waals surface area contributed by atoms with E-state index in [-0.39, 0.29) is 4.83 Å². The van der Waals surface area contributed by atoms with Crippen molar-refractivity contribution in [3.63, 3.8) is 0 Å². The quantitative estimate of drug-likeness (QED) is 0.673. The van der Waals surface area contributed by atoms with Gasteiger partial charge in [-0.05, 0) is 17.7 Å². The summed E-state index contributed by atoms with van der Waals surface area (Å²) in [6, 6.07) is 18.3. The predicted molar refractivity (Wildman–Crippen MR) is 81.4 cm³/mol. The Bertz CT molecular complexity index is 682. The molecule has 0 aliphatic carbocycles. The molecule has 0 aliphatic heterocycles. The Kier molecular flexibility index (Phi) is 3.56. The molecule has 94 valence electrons. The van der Waals surface area contributed by atoms with Crippen LogP contribution >= 0.6 is 15.9 Å². The van der Waals surface area contributed by atoms with Gasteiger partial charge < -0.3 is 0 Å².